The minimum Gasteiger partial charge on any atom is -0.339 e. The standard InChI is InChI=1S/C25H28ClN5O2S/c1-2-19-5-3-4-6-22(19)28-23(32)17-29-13-15-30(16-14-29)24(33)18-34-25-27-11-12-31(25)21-9-7-20(26)8-10-21/h3-12H,2,13-18H2,1H3,(H,28,32). The van der Waals surface area contributed by atoms with Gasteiger partial charge in [0.25, 0.3) is 0 Å². The van der Waals surface area contributed by atoms with E-state index < -0.39 is 0 Å². The van der Waals surface area contributed by atoms with Gasteiger partial charge in [-0.05, 0) is 42.3 Å². The van der Waals surface area contributed by atoms with Crippen LogP contribution in [0.5, 0.6) is 0 Å². The second-order valence-electron chi connectivity index (χ2n) is 8.06. The molecule has 4 rings (SSSR count). The van der Waals surface area contributed by atoms with Crippen molar-refractivity contribution in [3.05, 3.63) is 71.5 Å². The lowest BCUT2D eigenvalue weighted by Gasteiger charge is -2.34. The number of nitrogens with one attached hydrogen (secondary N) is 1. The Morgan fingerprint density at radius 3 is 2.53 bits per heavy atom. The molecule has 0 bridgehead atoms. The Balaban J connectivity index is 1.23. The third kappa shape index (κ3) is 6.20. The molecule has 0 unspecified atom stereocenters. The van der Waals surface area contributed by atoms with Crippen LogP contribution in [0.15, 0.2) is 66.1 Å². The molecule has 1 aromatic heterocycles. The highest BCUT2D eigenvalue weighted by Crippen LogP contribution is 2.22. The Morgan fingerprint density at radius 2 is 1.79 bits per heavy atom. The molecule has 3 aromatic rings. The molecule has 0 aliphatic carbocycles. The fourth-order valence-corrected chi connectivity index (χ4v) is 4.91. The summed E-state index contributed by atoms with van der Waals surface area (Å²) in [6.07, 6.45) is 4.47. The van der Waals surface area contributed by atoms with E-state index in [9.17, 15) is 9.59 Å². The Hall–Kier alpha value is -2.81. The molecular weight excluding hydrogens is 470 g/mol. The number of aryl methyl sites for hydroxylation is 1. The molecule has 2 amide bonds. The van der Waals surface area contributed by atoms with Gasteiger partial charge >= 0.3 is 0 Å². The molecule has 1 fully saturated rings. The van der Waals surface area contributed by atoms with Crippen LogP contribution >= 0.6 is 23.4 Å². The number of halogens is 1. The molecular formula is C25H28ClN5O2S. The zero-order chi connectivity index (χ0) is 23.9. The lowest BCUT2D eigenvalue weighted by molar-refractivity contribution is -0.130. The maximum Gasteiger partial charge on any atom is 0.238 e. The second-order valence-corrected chi connectivity index (χ2v) is 9.44. The van der Waals surface area contributed by atoms with E-state index in [0.717, 1.165) is 28.5 Å². The quantitative estimate of drug-likeness (QED) is 0.477. The van der Waals surface area contributed by atoms with Crippen LogP contribution < -0.4 is 5.32 Å². The van der Waals surface area contributed by atoms with Gasteiger partial charge < -0.3 is 10.2 Å². The van der Waals surface area contributed by atoms with Crippen LogP contribution in [0, 0.1) is 0 Å². The third-order valence-electron chi connectivity index (χ3n) is 5.80. The Labute approximate surface area is 209 Å². The van der Waals surface area contributed by atoms with Crippen LogP contribution in [-0.4, -0.2) is 69.6 Å². The molecule has 2 heterocycles. The van der Waals surface area contributed by atoms with Crippen molar-refractivity contribution in [1.82, 2.24) is 19.4 Å². The number of piperazine rings is 1. The van der Waals surface area contributed by atoms with Gasteiger partial charge in [-0.3, -0.25) is 19.1 Å². The molecule has 1 aliphatic heterocycles. The van der Waals surface area contributed by atoms with Crippen molar-refractivity contribution < 1.29 is 9.59 Å². The fraction of sp³-hybridized carbons (Fsp3) is 0.320. The van der Waals surface area contributed by atoms with E-state index in [2.05, 4.69) is 22.1 Å². The Morgan fingerprint density at radius 1 is 1.06 bits per heavy atom. The zero-order valence-corrected chi connectivity index (χ0v) is 20.7. The first-order valence-corrected chi connectivity index (χ1v) is 12.7. The summed E-state index contributed by atoms with van der Waals surface area (Å²) in [5, 5.41) is 4.46. The smallest absolute Gasteiger partial charge is 0.238 e. The number of hydrogen-bond donors (Lipinski definition) is 1. The van der Waals surface area contributed by atoms with Crippen LogP contribution in [0.4, 0.5) is 5.69 Å². The lowest BCUT2D eigenvalue weighted by Crippen LogP contribution is -2.50. The van der Waals surface area contributed by atoms with E-state index in [-0.39, 0.29) is 11.8 Å². The van der Waals surface area contributed by atoms with E-state index in [1.54, 1.807) is 6.20 Å². The number of carbonyl (C=O) groups is 2. The molecule has 0 saturated carbocycles. The monoisotopic (exact) mass is 497 g/mol. The number of carbonyl (C=O) groups excluding carboxylic acids is 2. The molecule has 1 N–H and O–H groups in total. The molecule has 0 atom stereocenters. The summed E-state index contributed by atoms with van der Waals surface area (Å²) in [5.74, 6) is 0.376. The average molecular weight is 498 g/mol. The summed E-state index contributed by atoms with van der Waals surface area (Å²) < 4.78 is 1.95. The van der Waals surface area contributed by atoms with Gasteiger partial charge in [-0.1, -0.05) is 48.5 Å². The molecule has 178 valence electrons. The van der Waals surface area contributed by atoms with Crippen LogP contribution in [0.25, 0.3) is 5.69 Å². The number of benzene rings is 2. The normalized spacial score (nSPS) is 14.2. The van der Waals surface area contributed by atoms with Gasteiger partial charge in [-0.25, -0.2) is 4.98 Å². The Kier molecular flexibility index (Phi) is 8.26. The molecule has 9 heteroatoms. The number of aromatic nitrogens is 2. The SMILES string of the molecule is CCc1ccccc1NC(=O)CN1CCN(C(=O)CSc2nccn2-c2ccc(Cl)cc2)CC1. The number of anilines is 1. The van der Waals surface area contributed by atoms with Gasteiger partial charge in [-0.2, -0.15) is 0 Å². The van der Waals surface area contributed by atoms with Crippen molar-refractivity contribution in [2.45, 2.75) is 18.5 Å². The van der Waals surface area contributed by atoms with Crippen molar-refractivity contribution in [1.29, 1.82) is 0 Å². The van der Waals surface area contributed by atoms with E-state index in [4.69, 9.17) is 11.6 Å². The topological polar surface area (TPSA) is 70.5 Å². The number of imidazole rings is 1. The number of hydrogen-bond acceptors (Lipinski definition) is 5. The second kappa shape index (κ2) is 11.6. The minimum atomic E-state index is -0.0229. The van der Waals surface area contributed by atoms with Crippen molar-refractivity contribution in [3.8, 4) is 5.69 Å². The molecule has 34 heavy (non-hydrogen) atoms. The van der Waals surface area contributed by atoms with E-state index in [1.165, 1.54) is 11.8 Å². The number of thioether (sulfide) groups is 1. The summed E-state index contributed by atoms with van der Waals surface area (Å²) >= 11 is 7.40. The van der Waals surface area contributed by atoms with Crippen molar-refractivity contribution in [2.75, 3.05) is 43.8 Å². The lowest BCUT2D eigenvalue weighted by atomic mass is 10.1. The van der Waals surface area contributed by atoms with Gasteiger partial charge in [0.15, 0.2) is 5.16 Å². The fourth-order valence-electron chi connectivity index (χ4n) is 3.91. The van der Waals surface area contributed by atoms with Gasteiger partial charge in [0, 0.05) is 55.0 Å². The Bertz CT molecular complexity index is 1130. The van der Waals surface area contributed by atoms with Crippen molar-refractivity contribution in [2.24, 2.45) is 0 Å². The predicted molar refractivity (Wildman–Crippen MR) is 137 cm³/mol. The molecule has 7 nitrogen and oxygen atoms in total. The summed E-state index contributed by atoms with van der Waals surface area (Å²) in [7, 11) is 0. The first-order chi connectivity index (χ1) is 16.5. The van der Waals surface area contributed by atoms with Gasteiger partial charge in [0.2, 0.25) is 11.8 Å². The van der Waals surface area contributed by atoms with Crippen LogP contribution in [0.2, 0.25) is 5.02 Å². The van der Waals surface area contributed by atoms with Gasteiger partial charge in [0.05, 0.1) is 12.3 Å². The number of rotatable bonds is 8. The highest BCUT2D eigenvalue weighted by atomic mass is 35.5. The molecule has 0 radical (unpaired) electrons. The summed E-state index contributed by atoms with van der Waals surface area (Å²) in [6, 6.07) is 15.4. The summed E-state index contributed by atoms with van der Waals surface area (Å²) in [5.41, 5.74) is 2.95. The molecule has 1 aliphatic rings. The van der Waals surface area contributed by atoms with Gasteiger partial charge in [0.1, 0.15) is 0 Å². The number of para-hydroxylation sites is 1. The van der Waals surface area contributed by atoms with E-state index in [0.29, 0.717) is 43.5 Å². The average Bonchev–Trinajstić information content (AvgIpc) is 3.32. The zero-order valence-electron chi connectivity index (χ0n) is 19.1. The first kappa shape index (κ1) is 24.3. The van der Waals surface area contributed by atoms with Gasteiger partial charge in [-0.15, -0.1) is 0 Å². The summed E-state index contributed by atoms with van der Waals surface area (Å²) in [4.78, 5) is 33.6. The largest absolute Gasteiger partial charge is 0.339 e. The van der Waals surface area contributed by atoms with Crippen LogP contribution in [-0.2, 0) is 16.0 Å². The molecule has 0 spiro atoms. The number of nitrogens with zero attached hydrogens (tertiary/aromatic N) is 4. The predicted octanol–water partition coefficient (Wildman–Crippen LogP) is 3.96. The van der Waals surface area contributed by atoms with Crippen LogP contribution in [0.1, 0.15) is 12.5 Å². The highest BCUT2D eigenvalue weighted by Gasteiger charge is 2.23. The minimum absolute atomic E-state index is 0.0229. The molecule has 1 saturated heterocycles. The number of amides is 2. The third-order valence-corrected chi connectivity index (χ3v) is 7.00. The van der Waals surface area contributed by atoms with E-state index in [1.807, 2.05) is 64.2 Å². The first-order valence-electron chi connectivity index (χ1n) is 11.3. The van der Waals surface area contributed by atoms with Crippen LogP contribution in [0.3, 0.4) is 0 Å². The van der Waals surface area contributed by atoms with Crippen molar-refractivity contribution in [3.63, 3.8) is 0 Å². The summed E-state index contributed by atoms with van der Waals surface area (Å²) in [6.45, 7) is 4.99. The van der Waals surface area contributed by atoms with E-state index >= 15 is 0 Å². The van der Waals surface area contributed by atoms with Crippen molar-refractivity contribution >= 4 is 40.9 Å². The highest BCUT2D eigenvalue weighted by molar-refractivity contribution is 7.99. The maximum atomic E-state index is 12.8. The molecule has 2 aromatic carbocycles. The maximum absolute atomic E-state index is 12.8.